The van der Waals surface area contributed by atoms with Crippen molar-refractivity contribution in [1.29, 1.82) is 0 Å². The number of nitrogens with one attached hydrogen (secondary N) is 1. The molecular formula is C20H27N5O2S. The number of hydrogen-bond acceptors (Lipinski definition) is 6. The largest absolute Gasteiger partial charge is 0.330 e. The maximum atomic E-state index is 12.7. The van der Waals surface area contributed by atoms with Gasteiger partial charge in [-0.25, -0.2) is 14.8 Å². The zero-order valence-corrected chi connectivity index (χ0v) is 17.1. The molecule has 1 saturated heterocycles. The van der Waals surface area contributed by atoms with Crippen LogP contribution in [0.5, 0.6) is 0 Å². The lowest BCUT2D eigenvalue weighted by Gasteiger charge is -2.32. The minimum atomic E-state index is -0.350. The van der Waals surface area contributed by atoms with E-state index in [1.165, 1.54) is 25.8 Å². The van der Waals surface area contributed by atoms with Crippen molar-refractivity contribution < 1.29 is 0 Å². The van der Waals surface area contributed by atoms with Crippen molar-refractivity contribution in [2.24, 2.45) is 0 Å². The molecule has 1 unspecified atom stereocenters. The molecule has 1 N–H and O–H groups in total. The van der Waals surface area contributed by atoms with E-state index in [9.17, 15) is 9.59 Å². The highest BCUT2D eigenvalue weighted by atomic mass is 32.2. The van der Waals surface area contributed by atoms with Gasteiger partial charge in [0.2, 0.25) is 0 Å². The van der Waals surface area contributed by atoms with Crippen LogP contribution in [0, 0.1) is 0 Å². The summed E-state index contributed by atoms with van der Waals surface area (Å²) in [6.45, 7) is 1.17. The fourth-order valence-electron chi connectivity index (χ4n) is 4.23. The van der Waals surface area contributed by atoms with Crippen LogP contribution in [0.2, 0.25) is 0 Å². The molecule has 2 saturated carbocycles. The highest BCUT2D eigenvalue weighted by Gasteiger charge is 2.32. The molecule has 0 radical (unpaired) electrons. The van der Waals surface area contributed by atoms with Crippen molar-refractivity contribution in [2.45, 2.75) is 74.4 Å². The maximum Gasteiger partial charge on any atom is 0.330 e. The molecule has 2 aliphatic carbocycles. The summed E-state index contributed by atoms with van der Waals surface area (Å²) in [5, 5.41) is 1.25. The van der Waals surface area contributed by atoms with Crippen molar-refractivity contribution in [2.75, 3.05) is 19.3 Å². The monoisotopic (exact) mass is 401 g/mol. The molecule has 28 heavy (non-hydrogen) atoms. The van der Waals surface area contributed by atoms with Crippen LogP contribution in [0.4, 0.5) is 0 Å². The second kappa shape index (κ2) is 7.30. The predicted octanol–water partition coefficient (Wildman–Crippen LogP) is 2.66. The van der Waals surface area contributed by atoms with E-state index in [1.807, 2.05) is 0 Å². The van der Waals surface area contributed by atoms with Gasteiger partial charge in [-0.15, -0.1) is 11.8 Å². The van der Waals surface area contributed by atoms with E-state index < -0.39 is 0 Å². The molecule has 3 fully saturated rings. The van der Waals surface area contributed by atoms with Crippen molar-refractivity contribution in [3.8, 4) is 0 Å². The first-order valence-electron chi connectivity index (χ1n) is 10.5. The van der Waals surface area contributed by atoms with Crippen LogP contribution in [-0.4, -0.2) is 49.8 Å². The lowest BCUT2D eigenvalue weighted by atomic mass is 10.0. The number of fused-ring (bicyclic) bond motifs is 1. The molecule has 0 aromatic carbocycles. The Morgan fingerprint density at radius 2 is 1.93 bits per heavy atom. The van der Waals surface area contributed by atoms with Crippen LogP contribution in [0.1, 0.15) is 69.2 Å². The van der Waals surface area contributed by atoms with Gasteiger partial charge < -0.3 is 4.90 Å². The zero-order valence-electron chi connectivity index (χ0n) is 16.3. The van der Waals surface area contributed by atoms with Crippen molar-refractivity contribution in [3.63, 3.8) is 0 Å². The van der Waals surface area contributed by atoms with Crippen LogP contribution in [0.3, 0.4) is 0 Å². The number of likely N-dealkylation sites (tertiary alicyclic amines) is 1. The second-order valence-electron chi connectivity index (χ2n) is 8.49. The fourth-order valence-corrected chi connectivity index (χ4v) is 5.30. The summed E-state index contributed by atoms with van der Waals surface area (Å²) in [6, 6.07) is 0.780. The Morgan fingerprint density at radius 3 is 2.64 bits per heavy atom. The van der Waals surface area contributed by atoms with Crippen LogP contribution in [0.15, 0.2) is 14.6 Å². The molecule has 7 nitrogen and oxygen atoms in total. The normalized spacial score (nSPS) is 23.4. The summed E-state index contributed by atoms with van der Waals surface area (Å²) < 4.78 is 1.70. The average molecular weight is 402 g/mol. The number of piperidine rings is 1. The molecule has 3 aliphatic rings. The van der Waals surface area contributed by atoms with E-state index in [2.05, 4.69) is 16.9 Å². The van der Waals surface area contributed by atoms with E-state index in [0.29, 0.717) is 23.0 Å². The number of aromatic amines is 1. The molecule has 2 aromatic rings. The van der Waals surface area contributed by atoms with E-state index in [-0.39, 0.29) is 17.3 Å². The first-order valence-corrected chi connectivity index (χ1v) is 11.5. The summed E-state index contributed by atoms with van der Waals surface area (Å²) in [5.74, 6) is 2.12. The van der Waals surface area contributed by atoms with Crippen LogP contribution in [0.25, 0.3) is 11.0 Å². The van der Waals surface area contributed by atoms with Crippen LogP contribution < -0.4 is 11.2 Å². The summed E-state index contributed by atoms with van der Waals surface area (Å²) in [6.07, 6.45) is 9.06. The third kappa shape index (κ3) is 3.52. The van der Waals surface area contributed by atoms with Crippen molar-refractivity contribution >= 4 is 22.8 Å². The second-order valence-corrected chi connectivity index (χ2v) is 9.57. The van der Waals surface area contributed by atoms with Gasteiger partial charge in [-0.2, -0.15) is 0 Å². The number of thioether (sulfide) groups is 1. The minimum Gasteiger partial charge on any atom is -0.303 e. The summed E-state index contributed by atoms with van der Waals surface area (Å²) in [5.41, 5.74) is -0.137. The Bertz CT molecular complexity index is 1010. The molecule has 1 aliphatic heterocycles. The number of hydrogen-bond donors (Lipinski definition) is 1. The molecule has 0 amide bonds. The van der Waals surface area contributed by atoms with Gasteiger partial charge in [-0.3, -0.25) is 14.3 Å². The molecule has 5 rings (SSSR count). The standard InChI is InChI=1S/C20H27N5O2S/c1-24-10-3-2-4-13(24)9-11-28-19-15-17(21-16(22-19)12-5-6-12)25(14-7-8-14)20(27)23-18(15)26/h12-14H,2-11H2,1H3,(H,23,26,27). The summed E-state index contributed by atoms with van der Waals surface area (Å²) in [4.78, 5) is 39.5. The molecule has 0 bridgehead atoms. The Balaban J connectivity index is 1.49. The lowest BCUT2D eigenvalue weighted by Crippen LogP contribution is -2.36. The van der Waals surface area contributed by atoms with Gasteiger partial charge in [0.25, 0.3) is 5.56 Å². The van der Waals surface area contributed by atoms with Gasteiger partial charge >= 0.3 is 5.69 Å². The minimum absolute atomic E-state index is 0.169. The molecule has 1 atom stereocenters. The van der Waals surface area contributed by atoms with Gasteiger partial charge in [0.1, 0.15) is 16.2 Å². The molecule has 3 heterocycles. The Labute approximate surface area is 167 Å². The predicted molar refractivity (Wildman–Crippen MR) is 110 cm³/mol. The van der Waals surface area contributed by atoms with Gasteiger partial charge in [0, 0.05) is 23.8 Å². The summed E-state index contributed by atoms with van der Waals surface area (Å²) >= 11 is 1.65. The van der Waals surface area contributed by atoms with E-state index in [0.717, 1.165) is 48.7 Å². The SMILES string of the molecule is CN1CCCCC1CCSc1nc(C2CC2)nc2c1c(=O)[nH]c(=O)n2C1CC1. The molecule has 2 aromatic heterocycles. The van der Waals surface area contributed by atoms with E-state index in [4.69, 9.17) is 9.97 Å². The first-order chi connectivity index (χ1) is 13.6. The third-order valence-electron chi connectivity index (χ3n) is 6.23. The Hall–Kier alpha value is -1.67. The highest BCUT2D eigenvalue weighted by Crippen LogP contribution is 2.41. The van der Waals surface area contributed by atoms with E-state index in [1.54, 1.807) is 16.3 Å². The number of nitrogens with zero attached hydrogens (tertiary/aromatic N) is 4. The smallest absolute Gasteiger partial charge is 0.303 e. The number of H-pyrrole nitrogens is 1. The number of rotatable bonds is 6. The third-order valence-corrected chi connectivity index (χ3v) is 7.24. The topological polar surface area (TPSA) is 83.9 Å². The quantitative estimate of drug-likeness (QED) is 0.592. The van der Waals surface area contributed by atoms with Crippen molar-refractivity contribution in [1.82, 2.24) is 24.4 Å². The van der Waals surface area contributed by atoms with Gasteiger partial charge in [-0.1, -0.05) is 6.42 Å². The molecule has 0 spiro atoms. The Morgan fingerprint density at radius 1 is 1.11 bits per heavy atom. The maximum absolute atomic E-state index is 12.7. The molecular weight excluding hydrogens is 374 g/mol. The van der Waals surface area contributed by atoms with Gasteiger partial charge in [0.05, 0.1) is 0 Å². The lowest BCUT2D eigenvalue weighted by molar-refractivity contribution is 0.182. The van der Waals surface area contributed by atoms with Gasteiger partial charge in [0.15, 0.2) is 5.65 Å². The van der Waals surface area contributed by atoms with Crippen LogP contribution >= 0.6 is 11.8 Å². The van der Waals surface area contributed by atoms with Gasteiger partial charge in [-0.05, 0) is 58.5 Å². The average Bonchev–Trinajstić information content (AvgIpc) is 3.55. The Kier molecular flexibility index (Phi) is 4.79. The number of aromatic nitrogens is 4. The van der Waals surface area contributed by atoms with Crippen LogP contribution in [-0.2, 0) is 0 Å². The highest BCUT2D eigenvalue weighted by molar-refractivity contribution is 7.99. The summed E-state index contributed by atoms with van der Waals surface area (Å²) in [7, 11) is 2.21. The molecule has 8 heteroatoms. The fraction of sp³-hybridized carbons (Fsp3) is 0.700. The van der Waals surface area contributed by atoms with Crippen molar-refractivity contribution in [3.05, 3.63) is 26.7 Å². The molecule has 150 valence electrons. The van der Waals surface area contributed by atoms with E-state index >= 15 is 0 Å². The zero-order chi connectivity index (χ0) is 19.3. The first kappa shape index (κ1) is 18.4.